The van der Waals surface area contributed by atoms with Crippen LogP contribution in [0.1, 0.15) is 39.5 Å². The summed E-state index contributed by atoms with van der Waals surface area (Å²) in [5.41, 5.74) is 1.84. The predicted octanol–water partition coefficient (Wildman–Crippen LogP) is 3.76. The van der Waals surface area contributed by atoms with Gasteiger partial charge in [0.25, 0.3) is 5.56 Å². The first kappa shape index (κ1) is 16.9. The molecule has 0 amide bonds. The van der Waals surface area contributed by atoms with Crippen LogP contribution in [0, 0.1) is 17.1 Å². The molecule has 4 nitrogen and oxygen atoms in total. The van der Waals surface area contributed by atoms with Gasteiger partial charge in [-0.15, -0.1) is 0 Å². The second-order valence-corrected chi connectivity index (χ2v) is 6.59. The molecule has 1 aliphatic carbocycles. The minimum Gasteiger partial charge on any atom is -0.294 e. The van der Waals surface area contributed by atoms with Gasteiger partial charge in [-0.25, -0.2) is 4.39 Å². The maximum absolute atomic E-state index is 13.3. The van der Waals surface area contributed by atoms with Crippen LogP contribution in [-0.2, 0) is 6.42 Å². The molecule has 2 aromatic carbocycles. The summed E-state index contributed by atoms with van der Waals surface area (Å²) in [5, 5.41) is 9.32. The lowest BCUT2D eigenvalue weighted by molar-refractivity contribution is 0.0962. The van der Waals surface area contributed by atoms with Crippen LogP contribution in [0.25, 0.3) is 5.69 Å². The number of hydrogen-bond acceptors (Lipinski definition) is 3. The highest BCUT2D eigenvalue weighted by atomic mass is 19.1. The highest BCUT2D eigenvalue weighted by Crippen LogP contribution is 2.33. The molecular weight excluding hydrogens is 343 g/mol. The lowest BCUT2D eigenvalue weighted by Gasteiger charge is -2.27. The van der Waals surface area contributed by atoms with Crippen LogP contribution in [0.5, 0.6) is 0 Å². The van der Waals surface area contributed by atoms with Crippen LogP contribution < -0.4 is 5.56 Å². The Bertz CT molecular complexity index is 1130. The molecular formula is C22H15FN2O2. The Morgan fingerprint density at radius 1 is 1.00 bits per heavy atom. The second-order valence-electron chi connectivity index (χ2n) is 6.59. The fraction of sp³-hybridized carbons (Fsp3) is 0.136. The summed E-state index contributed by atoms with van der Waals surface area (Å²) in [7, 11) is 0. The topological polar surface area (TPSA) is 62.9 Å². The smallest absolute Gasteiger partial charge is 0.273 e. The van der Waals surface area contributed by atoms with Crippen molar-refractivity contribution in [3.8, 4) is 11.8 Å². The molecule has 1 aliphatic rings. The number of Topliss-reactive ketones (excluding diaryl/α,β-unsaturated/α-hetero) is 1. The van der Waals surface area contributed by atoms with Crippen molar-refractivity contribution >= 4 is 5.78 Å². The summed E-state index contributed by atoms with van der Waals surface area (Å²) in [5.74, 6) is -0.571. The van der Waals surface area contributed by atoms with Gasteiger partial charge < -0.3 is 0 Å². The zero-order valence-electron chi connectivity index (χ0n) is 14.4. The van der Waals surface area contributed by atoms with E-state index in [0.29, 0.717) is 29.8 Å². The third-order valence-corrected chi connectivity index (χ3v) is 4.95. The lowest BCUT2D eigenvalue weighted by Crippen LogP contribution is -2.31. The molecule has 0 spiro atoms. The monoisotopic (exact) mass is 358 g/mol. The molecule has 4 rings (SSSR count). The number of nitrogens with zero attached hydrogens (tertiary/aromatic N) is 2. The van der Waals surface area contributed by atoms with Crippen molar-refractivity contribution in [3.63, 3.8) is 0 Å². The average molecular weight is 358 g/mol. The molecule has 0 unspecified atom stereocenters. The highest BCUT2D eigenvalue weighted by molar-refractivity contribution is 5.99. The summed E-state index contributed by atoms with van der Waals surface area (Å²) in [4.78, 5) is 25.6. The minimum absolute atomic E-state index is 0.0507. The van der Waals surface area contributed by atoms with Gasteiger partial charge in [0.15, 0.2) is 5.78 Å². The van der Waals surface area contributed by atoms with E-state index in [1.54, 1.807) is 0 Å². The molecule has 0 aliphatic heterocycles. The van der Waals surface area contributed by atoms with Gasteiger partial charge in [0.2, 0.25) is 0 Å². The number of halogens is 1. The zero-order valence-corrected chi connectivity index (χ0v) is 14.4. The maximum atomic E-state index is 13.3. The molecule has 27 heavy (non-hydrogen) atoms. The van der Waals surface area contributed by atoms with Gasteiger partial charge in [0.05, 0.1) is 0 Å². The molecule has 132 valence electrons. The number of nitriles is 1. The standard InChI is InChI=1S/C22H15FN2O2/c23-17-6-8-18(9-7-17)25-20-11-15(14-4-2-1-3-5-14)12-21(26)19(20)10-16(13-24)22(25)27/h1-10,15H,11-12H2/t15-/m0/s1. The van der Waals surface area contributed by atoms with E-state index >= 15 is 0 Å². The van der Waals surface area contributed by atoms with Crippen molar-refractivity contribution < 1.29 is 9.18 Å². The number of ketones is 1. The van der Waals surface area contributed by atoms with E-state index in [9.17, 15) is 19.2 Å². The first-order chi connectivity index (χ1) is 13.1. The van der Waals surface area contributed by atoms with Gasteiger partial charge in [-0.2, -0.15) is 5.26 Å². The summed E-state index contributed by atoms with van der Waals surface area (Å²) in [6.45, 7) is 0. The number of hydrogen-bond donors (Lipinski definition) is 0. The van der Waals surface area contributed by atoms with Crippen LogP contribution in [0.3, 0.4) is 0 Å². The van der Waals surface area contributed by atoms with E-state index in [2.05, 4.69) is 0 Å². The Labute approximate surface area is 155 Å². The van der Waals surface area contributed by atoms with Crippen molar-refractivity contribution in [1.82, 2.24) is 4.57 Å². The Morgan fingerprint density at radius 3 is 2.37 bits per heavy atom. The highest BCUT2D eigenvalue weighted by Gasteiger charge is 2.30. The second kappa shape index (κ2) is 6.65. The van der Waals surface area contributed by atoms with Crippen molar-refractivity contribution in [1.29, 1.82) is 5.26 Å². The molecule has 1 atom stereocenters. The van der Waals surface area contributed by atoms with E-state index in [1.165, 1.54) is 34.9 Å². The Kier molecular flexibility index (Phi) is 4.17. The number of aromatic nitrogens is 1. The summed E-state index contributed by atoms with van der Waals surface area (Å²) < 4.78 is 14.7. The van der Waals surface area contributed by atoms with E-state index in [4.69, 9.17) is 0 Å². The summed E-state index contributed by atoms with van der Waals surface area (Å²) in [6, 6.07) is 18.4. The summed E-state index contributed by atoms with van der Waals surface area (Å²) >= 11 is 0. The Morgan fingerprint density at radius 2 is 1.70 bits per heavy atom. The Balaban J connectivity index is 1.94. The van der Waals surface area contributed by atoms with Crippen LogP contribution in [-0.4, -0.2) is 10.4 Å². The van der Waals surface area contributed by atoms with Gasteiger partial charge in [-0.3, -0.25) is 14.2 Å². The molecule has 1 aromatic heterocycles. The normalized spacial score (nSPS) is 15.9. The van der Waals surface area contributed by atoms with Gasteiger partial charge in [-0.1, -0.05) is 30.3 Å². The molecule has 0 bridgehead atoms. The third kappa shape index (κ3) is 2.96. The molecule has 0 radical (unpaired) electrons. The number of fused-ring (bicyclic) bond motifs is 1. The number of rotatable bonds is 2. The van der Waals surface area contributed by atoms with Crippen molar-refractivity contribution in [2.24, 2.45) is 0 Å². The van der Waals surface area contributed by atoms with E-state index < -0.39 is 11.4 Å². The molecule has 0 fully saturated rings. The molecule has 0 saturated carbocycles. The molecule has 5 heteroatoms. The van der Waals surface area contributed by atoms with Crippen molar-refractivity contribution in [2.45, 2.75) is 18.8 Å². The van der Waals surface area contributed by atoms with Crippen LogP contribution in [0.2, 0.25) is 0 Å². The van der Waals surface area contributed by atoms with Gasteiger partial charge in [0.1, 0.15) is 17.4 Å². The minimum atomic E-state index is -0.496. The molecule has 0 N–H and O–H groups in total. The fourth-order valence-electron chi connectivity index (χ4n) is 3.64. The molecule has 0 saturated heterocycles. The SMILES string of the molecule is N#Cc1cc2c(n(-c3ccc(F)cc3)c1=O)C[C@H](c1ccccc1)CC2=O. The van der Waals surface area contributed by atoms with Crippen LogP contribution in [0.15, 0.2) is 65.5 Å². The lowest BCUT2D eigenvalue weighted by atomic mass is 9.81. The van der Waals surface area contributed by atoms with Crippen LogP contribution in [0.4, 0.5) is 4.39 Å². The Hall–Kier alpha value is -3.52. The number of carbonyl (C=O) groups excluding carboxylic acids is 1. The van der Waals surface area contributed by atoms with E-state index in [1.807, 2.05) is 36.4 Å². The predicted molar refractivity (Wildman–Crippen MR) is 98.5 cm³/mol. The summed E-state index contributed by atoms with van der Waals surface area (Å²) in [6.07, 6.45) is 0.812. The van der Waals surface area contributed by atoms with E-state index in [-0.39, 0.29) is 17.3 Å². The average Bonchev–Trinajstić information content (AvgIpc) is 2.69. The van der Waals surface area contributed by atoms with Crippen LogP contribution >= 0.6 is 0 Å². The zero-order chi connectivity index (χ0) is 19.0. The van der Waals surface area contributed by atoms with Crippen molar-refractivity contribution in [2.75, 3.05) is 0 Å². The number of benzene rings is 2. The molecule has 1 heterocycles. The number of pyridine rings is 1. The molecule has 3 aromatic rings. The first-order valence-corrected chi connectivity index (χ1v) is 8.61. The van der Waals surface area contributed by atoms with Gasteiger partial charge >= 0.3 is 0 Å². The van der Waals surface area contributed by atoms with E-state index in [0.717, 1.165) is 5.56 Å². The quantitative estimate of drug-likeness (QED) is 0.701. The first-order valence-electron chi connectivity index (χ1n) is 8.61. The fourth-order valence-corrected chi connectivity index (χ4v) is 3.64. The third-order valence-electron chi connectivity index (χ3n) is 4.95. The largest absolute Gasteiger partial charge is 0.294 e. The van der Waals surface area contributed by atoms with Gasteiger partial charge in [0, 0.05) is 23.4 Å². The van der Waals surface area contributed by atoms with Gasteiger partial charge in [-0.05, 0) is 48.2 Å². The van der Waals surface area contributed by atoms with Crippen molar-refractivity contribution in [3.05, 3.63) is 99.2 Å². The number of carbonyl (C=O) groups is 1. The maximum Gasteiger partial charge on any atom is 0.273 e.